The van der Waals surface area contributed by atoms with Crippen molar-refractivity contribution in [3.05, 3.63) is 60.2 Å². The molecule has 1 aromatic carbocycles. The van der Waals surface area contributed by atoms with Crippen molar-refractivity contribution in [3.8, 4) is 0 Å². The predicted molar refractivity (Wildman–Crippen MR) is 60.6 cm³/mol. The van der Waals surface area contributed by atoms with Crippen LogP contribution in [-0.4, -0.2) is 17.9 Å². The molecule has 1 amide bonds. The van der Waals surface area contributed by atoms with Gasteiger partial charge in [-0.05, 0) is 17.2 Å². The molecule has 1 aliphatic rings. The fraction of sp³-hybridized carbons (Fsp3) is 0.154. The van der Waals surface area contributed by atoms with Crippen LogP contribution in [-0.2, 0) is 0 Å². The molecule has 2 heteroatoms. The minimum atomic E-state index is -0.0498. The van der Waals surface area contributed by atoms with Gasteiger partial charge in [0.25, 0.3) is 5.91 Å². The van der Waals surface area contributed by atoms with Gasteiger partial charge in [0.1, 0.15) is 0 Å². The van der Waals surface area contributed by atoms with E-state index in [1.54, 1.807) is 18.0 Å². The van der Waals surface area contributed by atoms with Crippen molar-refractivity contribution in [1.29, 1.82) is 0 Å². The number of hydrogen-bond acceptors (Lipinski definition) is 1. The van der Waals surface area contributed by atoms with Gasteiger partial charge in [-0.25, -0.2) is 0 Å². The summed E-state index contributed by atoms with van der Waals surface area (Å²) in [4.78, 5) is 13.6. The molecule has 0 saturated heterocycles. The zero-order valence-electron chi connectivity index (χ0n) is 8.73. The molecule has 0 spiro atoms. The number of likely N-dealkylation sites (N-methyl/N-ethyl adjacent to an activating group) is 1. The summed E-state index contributed by atoms with van der Waals surface area (Å²) in [7, 11) is 1.79. The molecule has 2 nitrogen and oxygen atoms in total. The molecule has 0 aliphatic carbocycles. The first kappa shape index (κ1) is 9.71. The molecule has 0 N–H and O–H groups in total. The van der Waals surface area contributed by atoms with Crippen LogP contribution >= 0.6 is 0 Å². The van der Waals surface area contributed by atoms with E-state index in [4.69, 9.17) is 0 Å². The van der Waals surface area contributed by atoms with E-state index in [2.05, 4.69) is 13.2 Å². The monoisotopic (exact) mass is 199 g/mol. The molecular weight excluding hydrogens is 186 g/mol. The standard InChI is InChI=1S/C13H13NO/c1-4-9(2)12-10-7-5-6-8-11(10)13(15)14(12)3/h4-8,12H,1-2H2,3H3. The number of carbonyl (C=O) groups is 1. The maximum atomic E-state index is 11.9. The van der Waals surface area contributed by atoms with Crippen molar-refractivity contribution in [2.45, 2.75) is 6.04 Å². The van der Waals surface area contributed by atoms with Crippen LogP contribution in [0.2, 0.25) is 0 Å². The normalized spacial score (nSPS) is 18.9. The van der Waals surface area contributed by atoms with Gasteiger partial charge in [-0.3, -0.25) is 4.79 Å². The molecule has 0 bridgehead atoms. The molecule has 0 radical (unpaired) electrons. The van der Waals surface area contributed by atoms with Gasteiger partial charge in [-0.15, -0.1) is 0 Å². The average Bonchev–Trinajstić information content (AvgIpc) is 2.52. The fourth-order valence-electron chi connectivity index (χ4n) is 2.01. The summed E-state index contributed by atoms with van der Waals surface area (Å²) in [6.45, 7) is 7.63. The lowest BCUT2D eigenvalue weighted by molar-refractivity contribution is 0.0793. The van der Waals surface area contributed by atoms with Crippen LogP contribution in [0.15, 0.2) is 49.1 Å². The second-order valence-corrected chi connectivity index (χ2v) is 3.68. The maximum absolute atomic E-state index is 11.9. The predicted octanol–water partition coefficient (Wildman–Crippen LogP) is 2.56. The van der Waals surface area contributed by atoms with E-state index in [0.717, 1.165) is 16.7 Å². The number of carbonyl (C=O) groups excluding carboxylic acids is 1. The number of fused-ring (bicyclic) bond motifs is 1. The van der Waals surface area contributed by atoms with Crippen LogP contribution in [0, 0.1) is 0 Å². The fourth-order valence-corrected chi connectivity index (χ4v) is 2.01. The number of benzene rings is 1. The Balaban J connectivity index is 2.56. The molecule has 15 heavy (non-hydrogen) atoms. The van der Waals surface area contributed by atoms with Crippen LogP contribution in [0.1, 0.15) is 22.0 Å². The van der Waals surface area contributed by atoms with Gasteiger partial charge >= 0.3 is 0 Å². The molecule has 1 atom stereocenters. The Morgan fingerprint density at radius 3 is 2.80 bits per heavy atom. The highest BCUT2D eigenvalue weighted by Crippen LogP contribution is 2.36. The highest BCUT2D eigenvalue weighted by Gasteiger charge is 2.34. The van der Waals surface area contributed by atoms with E-state index in [1.165, 1.54) is 0 Å². The molecule has 0 fully saturated rings. The molecule has 1 heterocycles. The van der Waals surface area contributed by atoms with Gasteiger partial charge in [-0.1, -0.05) is 37.4 Å². The Kier molecular flexibility index (Phi) is 2.19. The van der Waals surface area contributed by atoms with Gasteiger partial charge in [0.15, 0.2) is 0 Å². The Hall–Kier alpha value is -1.83. The maximum Gasteiger partial charge on any atom is 0.254 e. The Bertz CT molecular complexity index is 448. The number of hydrogen-bond donors (Lipinski definition) is 0. The zero-order valence-corrected chi connectivity index (χ0v) is 8.73. The Morgan fingerprint density at radius 2 is 2.13 bits per heavy atom. The molecule has 76 valence electrons. The van der Waals surface area contributed by atoms with Gasteiger partial charge in [0.2, 0.25) is 0 Å². The minimum Gasteiger partial charge on any atom is -0.331 e. The number of amides is 1. The summed E-state index contributed by atoms with van der Waals surface area (Å²) >= 11 is 0. The Morgan fingerprint density at radius 1 is 1.47 bits per heavy atom. The summed E-state index contributed by atoms with van der Waals surface area (Å²) in [5, 5.41) is 0. The highest BCUT2D eigenvalue weighted by atomic mass is 16.2. The second kappa shape index (κ2) is 3.39. The number of rotatable bonds is 2. The third kappa shape index (κ3) is 1.30. The lowest BCUT2D eigenvalue weighted by atomic mass is 9.99. The molecule has 0 saturated carbocycles. The van der Waals surface area contributed by atoms with E-state index in [1.807, 2.05) is 24.3 Å². The summed E-state index contributed by atoms with van der Waals surface area (Å²) in [5.41, 5.74) is 2.65. The lowest BCUT2D eigenvalue weighted by Crippen LogP contribution is -2.23. The van der Waals surface area contributed by atoms with Crippen LogP contribution in [0.4, 0.5) is 0 Å². The van der Waals surface area contributed by atoms with E-state index in [-0.39, 0.29) is 11.9 Å². The molecule has 2 rings (SSSR count). The van der Waals surface area contributed by atoms with Crippen molar-refractivity contribution >= 4 is 5.91 Å². The third-order valence-corrected chi connectivity index (χ3v) is 2.81. The van der Waals surface area contributed by atoms with Gasteiger partial charge in [0.05, 0.1) is 6.04 Å². The van der Waals surface area contributed by atoms with E-state index >= 15 is 0 Å². The van der Waals surface area contributed by atoms with Crippen molar-refractivity contribution in [1.82, 2.24) is 4.90 Å². The third-order valence-electron chi connectivity index (χ3n) is 2.81. The highest BCUT2D eigenvalue weighted by molar-refractivity contribution is 5.99. The summed E-state index contributed by atoms with van der Waals surface area (Å²) in [6, 6.07) is 7.59. The minimum absolute atomic E-state index is 0.0498. The first-order valence-corrected chi connectivity index (χ1v) is 4.84. The average molecular weight is 199 g/mol. The van der Waals surface area contributed by atoms with Gasteiger partial charge < -0.3 is 4.90 Å². The molecular formula is C13H13NO. The zero-order chi connectivity index (χ0) is 11.0. The van der Waals surface area contributed by atoms with Crippen LogP contribution in [0.3, 0.4) is 0 Å². The first-order chi connectivity index (χ1) is 7.16. The molecule has 1 aliphatic heterocycles. The van der Waals surface area contributed by atoms with E-state index < -0.39 is 0 Å². The quantitative estimate of drug-likeness (QED) is 0.670. The van der Waals surface area contributed by atoms with Crippen LogP contribution in [0.5, 0.6) is 0 Å². The van der Waals surface area contributed by atoms with Crippen molar-refractivity contribution in [2.24, 2.45) is 0 Å². The smallest absolute Gasteiger partial charge is 0.254 e. The van der Waals surface area contributed by atoms with Crippen molar-refractivity contribution < 1.29 is 4.79 Å². The van der Waals surface area contributed by atoms with Crippen LogP contribution < -0.4 is 0 Å². The molecule has 1 aromatic rings. The Labute approximate surface area is 89.5 Å². The summed E-state index contributed by atoms with van der Waals surface area (Å²) < 4.78 is 0. The molecule has 1 unspecified atom stereocenters. The van der Waals surface area contributed by atoms with Crippen LogP contribution in [0.25, 0.3) is 0 Å². The van der Waals surface area contributed by atoms with E-state index in [9.17, 15) is 4.79 Å². The van der Waals surface area contributed by atoms with Crippen molar-refractivity contribution in [2.75, 3.05) is 7.05 Å². The number of nitrogens with zero attached hydrogens (tertiary/aromatic N) is 1. The van der Waals surface area contributed by atoms with Gasteiger partial charge in [-0.2, -0.15) is 0 Å². The summed E-state index contributed by atoms with van der Waals surface area (Å²) in [6.07, 6.45) is 1.70. The molecule has 0 aromatic heterocycles. The van der Waals surface area contributed by atoms with E-state index in [0.29, 0.717) is 0 Å². The second-order valence-electron chi connectivity index (χ2n) is 3.68. The lowest BCUT2D eigenvalue weighted by Gasteiger charge is -2.20. The largest absolute Gasteiger partial charge is 0.331 e. The SMILES string of the molecule is C=CC(=C)C1c2ccccc2C(=O)N1C. The topological polar surface area (TPSA) is 20.3 Å². The first-order valence-electron chi connectivity index (χ1n) is 4.84. The summed E-state index contributed by atoms with van der Waals surface area (Å²) in [5.74, 6) is 0.0543. The van der Waals surface area contributed by atoms with Gasteiger partial charge in [0, 0.05) is 12.6 Å². The van der Waals surface area contributed by atoms with Crippen molar-refractivity contribution in [3.63, 3.8) is 0 Å².